The average molecular weight is 397 g/mol. The van der Waals surface area contributed by atoms with Gasteiger partial charge in [0.15, 0.2) is 0 Å². The fraction of sp³-hybridized carbons (Fsp3) is 0.458. The van der Waals surface area contributed by atoms with E-state index in [1.54, 1.807) is 7.11 Å². The van der Waals surface area contributed by atoms with Crippen LogP contribution < -0.4 is 10.1 Å². The smallest absolute Gasteiger partial charge is 0.258 e. The van der Waals surface area contributed by atoms with Gasteiger partial charge < -0.3 is 19.7 Å². The molecule has 2 aromatic carbocycles. The molecule has 1 aliphatic rings. The summed E-state index contributed by atoms with van der Waals surface area (Å²) >= 11 is 0. The second-order valence-corrected chi connectivity index (χ2v) is 7.63. The van der Waals surface area contributed by atoms with Crippen molar-refractivity contribution < 1.29 is 14.3 Å². The molecule has 1 unspecified atom stereocenters. The zero-order chi connectivity index (χ0) is 20.7. The molecule has 0 saturated carbocycles. The maximum atomic E-state index is 13.3. The van der Waals surface area contributed by atoms with Crippen molar-refractivity contribution in [3.63, 3.8) is 0 Å². The zero-order valence-electron chi connectivity index (χ0n) is 17.7. The summed E-state index contributed by atoms with van der Waals surface area (Å²) in [5.41, 5.74) is 1.83. The third-order valence-electron chi connectivity index (χ3n) is 5.50. The number of hydrogen-bond donors (Lipinski definition) is 1. The first-order chi connectivity index (χ1) is 14.1. The van der Waals surface area contributed by atoms with E-state index in [0.717, 1.165) is 23.4 Å². The van der Waals surface area contributed by atoms with Crippen LogP contribution in [0.5, 0.6) is 5.75 Å². The highest BCUT2D eigenvalue weighted by molar-refractivity contribution is 6.02. The van der Waals surface area contributed by atoms with Gasteiger partial charge in [0.1, 0.15) is 11.4 Å². The van der Waals surface area contributed by atoms with E-state index in [-0.39, 0.29) is 5.91 Å². The zero-order valence-corrected chi connectivity index (χ0v) is 17.7. The molecular weight excluding hydrogens is 364 g/mol. The van der Waals surface area contributed by atoms with Gasteiger partial charge in [-0.15, -0.1) is 0 Å². The van der Waals surface area contributed by atoms with Crippen molar-refractivity contribution in [2.75, 3.05) is 32.2 Å². The van der Waals surface area contributed by atoms with E-state index in [9.17, 15) is 4.79 Å². The summed E-state index contributed by atoms with van der Waals surface area (Å²) in [7, 11) is 1.65. The highest BCUT2D eigenvalue weighted by Crippen LogP contribution is 2.38. The number of carbonyl (C=O) groups excluding carboxylic acids is 1. The lowest BCUT2D eigenvalue weighted by Gasteiger charge is -2.46. The minimum atomic E-state index is -0.689. The van der Waals surface area contributed by atoms with Gasteiger partial charge in [0.05, 0.1) is 18.8 Å². The number of fused-ring (bicyclic) bond motifs is 1. The molecule has 0 aromatic heterocycles. The predicted molar refractivity (Wildman–Crippen MR) is 116 cm³/mol. The molecule has 5 nitrogen and oxygen atoms in total. The number of para-hydroxylation sites is 1. The summed E-state index contributed by atoms with van der Waals surface area (Å²) in [6.07, 6.45) is 4.69. The van der Waals surface area contributed by atoms with E-state index in [1.807, 2.05) is 60.4 Å². The summed E-state index contributed by atoms with van der Waals surface area (Å²) in [6, 6.07) is 15.7. The van der Waals surface area contributed by atoms with Gasteiger partial charge in [-0.1, -0.05) is 50.5 Å². The average Bonchev–Trinajstić information content (AvgIpc) is 2.74. The van der Waals surface area contributed by atoms with Gasteiger partial charge in [-0.25, -0.2) is 0 Å². The van der Waals surface area contributed by atoms with E-state index in [0.29, 0.717) is 25.3 Å². The largest absolute Gasteiger partial charge is 0.494 e. The molecule has 3 rings (SSSR count). The Morgan fingerprint density at radius 3 is 2.66 bits per heavy atom. The number of nitrogens with one attached hydrogen (secondary N) is 1. The number of nitrogens with zero attached hydrogens (tertiary/aromatic N) is 1. The van der Waals surface area contributed by atoms with Crippen molar-refractivity contribution in [2.45, 2.75) is 45.2 Å². The Labute approximate surface area is 174 Å². The van der Waals surface area contributed by atoms with Crippen LogP contribution in [0.15, 0.2) is 48.5 Å². The second kappa shape index (κ2) is 9.79. The number of hydrogen-bond acceptors (Lipinski definition) is 4. The molecule has 0 spiro atoms. The fourth-order valence-corrected chi connectivity index (χ4v) is 3.80. The van der Waals surface area contributed by atoms with Crippen molar-refractivity contribution in [1.82, 2.24) is 4.90 Å². The molecule has 5 heteroatoms. The fourth-order valence-electron chi connectivity index (χ4n) is 3.80. The van der Waals surface area contributed by atoms with Gasteiger partial charge in [0.2, 0.25) is 0 Å². The van der Waals surface area contributed by atoms with Gasteiger partial charge in [0.25, 0.3) is 5.91 Å². The molecule has 0 saturated heterocycles. The van der Waals surface area contributed by atoms with Gasteiger partial charge in [-0.2, -0.15) is 0 Å². The Morgan fingerprint density at radius 1 is 1.03 bits per heavy atom. The summed E-state index contributed by atoms with van der Waals surface area (Å²) < 4.78 is 11.3. The molecule has 29 heavy (non-hydrogen) atoms. The quantitative estimate of drug-likeness (QED) is 0.572. The van der Waals surface area contributed by atoms with Crippen LogP contribution in [0, 0.1) is 0 Å². The van der Waals surface area contributed by atoms with Crippen molar-refractivity contribution in [3.8, 4) is 5.75 Å². The standard InChI is InChI=1S/C24H32N2O3/c1-4-5-6-9-16-29-20-12-10-11-19(18-20)24(2)25-22-14-8-7-13-21(22)23(27)26(24)15-17-28-3/h7-8,10-14,18,25H,4-6,9,15-17H2,1-3H3. The van der Waals surface area contributed by atoms with Crippen LogP contribution in [0.25, 0.3) is 0 Å². The monoisotopic (exact) mass is 396 g/mol. The van der Waals surface area contributed by atoms with Crippen molar-refractivity contribution in [3.05, 3.63) is 59.7 Å². The van der Waals surface area contributed by atoms with E-state index in [1.165, 1.54) is 19.3 Å². The minimum absolute atomic E-state index is 0.00443. The molecule has 0 bridgehead atoms. The summed E-state index contributed by atoms with van der Waals surface area (Å²) in [6.45, 7) is 5.92. The van der Waals surface area contributed by atoms with Gasteiger partial charge in [-0.05, 0) is 37.6 Å². The molecule has 156 valence electrons. The van der Waals surface area contributed by atoms with Crippen LogP contribution >= 0.6 is 0 Å². The Morgan fingerprint density at radius 2 is 1.86 bits per heavy atom. The molecule has 0 fully saturated rings. The number of rotatable bonds is 10. The molecular formula is C24H32N2O3. The van der Waals surface area contributed by atoms with Gasteiger partial charge in [0, 0.05) is 24.9 Å². The lowest BCUT2D eigenvalue weighted by molar-refractivity contribution is 0.0437. The number of amides is 1. The molecule has 1 amide bonds. The van der Waals surface area contributed by atoms with Crippen LogP contribution in [0.4, 0.5) is 5.69 Å². The van der Waals surface area contributed by atoms with E-state index < -0.39 is 5.66 Å². The number of benzene rings is 2. The van der Waals surface area contributed by atoms with Gasteiger partial charge in [-0.3, -0.25) is 4.79 Å². The summed E-state index contributed by atoms with van der Waals surface area (Å²) in [4.78, 5) is 15.1. The van der Waals surface area contributed by atoms with E-state index in [2.05, 4.69) is 12.2 Å². The van der Waals surface area contributed by atoms with Crippen molar-refractivity contribution in [2.24, 2.45) is 0 Å². The Kier molecular flexibility index (Phi) is 7.15. The van der Waals surface area contributed by atoms with E-state index in [4.69, 9.17) is 9.47 Å². The summed E-state index contributed by atoms with van der Waals surface area (Å²) in [5.74, 6) is 0.838. The lowest BCUT2D eigenvalue weighted by Crippen LogP contribution is -2.56. The van der Waals surface area contributed by atoms with Gasteiger partial charge >= 0.3 is 0 Å². The molecule has 1 aliphatic heterocycles. The third-order valence-corrected chi connectivity index (χ3v) is 5.50. The Bertz CT molecular complexity index is 823. The first kappa shape index (κ1) is 21.2. The lowest BCUT2D eigenvalue weighted by atomic mass is 9.93. The van der Waals surface area contributed by atoms with Crippen LogP contribution in [-0.4, -0.2) is 37.7 Å². The molecule has 1 heterocycles. The first-order valence-electron chi connectivity index (χ1n) is 10.5. The molecule has 0 radical (unpaired) electrons. The van der Waals surface area contributed by atoms with E-state index >= 15 is 0 Å². The molecule has 1 atom stereocenters. The highest BCUT2D eigenvalue weighted by Gasteiger charge is 2.42. The Balaban J connectivity index is 1.86. The number of carbonyl (C=O) groups is 1. The molecule has 2 aromatic rings. The SMILES string of the molecule is CCCCCCOc1cccc(C2(C)Nc3ccccc3C(=O)N2CCOC)c1. The van der Waals surface area contributed by atoms with Crippen LogP contribution in [-0.2, 0) is 10.4 Å². The first-order valence-corrected chi connectivity index (χ1v) is 10.5. The molecule has 0 aliphatic carbocycles. The highest BCUT2D eigenvalue weighted by atomic mass is 16.5. The number of ether oxygens (including phenoxy) is 2. The number of anilines is 1. The second-order valence-electron chi connectivity index (χ2n) is 7.63. The number of methoxy groups -OCH3 is 1. The van der Waals surface area contributed by atoms with Crippen molar-refractivity contribution >= 4 is 11.6 Å². The maximum absolute atomic E-state index is 13.3. The third kappa shape index (κ3) is 4.73. The number of unbranched alkanes of at least 4 members (excludes halogenated alkanes) is 3. The van der Waals surface area contributed by atoms with Crippen LogP contribution in [0.2, 0.25) is 0 Å². The summed E-state index contributed by atoms with van der Waals surface area (Å²) in [5, 5.41) is 3.58. The maximum Gasteiger partial charge on any atom is 0.258 e. The van der Waals surface area contributed by atoms with Crippen molar-refractivity contribution in [1.29, 1.82) is 0 Å². The van der Waals surface area contributed by atoms with Crippen LogP contribution in [0.1, 0.15) is 55.5 Å². The topological polar surface area (TPSA) is 50.8 Å². The van der Waals surface area contributed by atoms with Crippen LogP contribution in [0.3, 0.4) is 0 Å². The Hall–Kier alpha value is -2.53. The minimum Gasteiger partial charge on any atom is -0.494 e. The normalized spacial score (nSPS) is 18.3. The molecule has 1 N–H and O–H groups in total. The predicted octanol–water partition coefficient (Wildman–Crippen LogP) is 5.03.